The minimum Gasteiger partial charge on any atom is -0.332 e. The van der Waals surface area contributed by atoms with Gasteiger partial charge in [-0.05, 0) is 42.4 Å². The highest BCUT2D eigenvalue weighted by atomic mass is 35.5. The van der Waals surface area contributed by atoms with Crippen LogP contribution < -0.4 is 0 Å². The molecule has 1 saturated heterocycles. The monoisotopic (exact) mass is 471 g/mol. The van der Waals surface area contributed by atoms with E-state index in [0.29, 0.717) is 30.0 Å². The van der Waals surface area contributed by atoms with Gasteiger partial charge in [-0.15, -0.1) is 0 Å². The zero-order valence-corrected chi connectivity index (χ0v) is 18.1. The van der Waals surface area contributed by atoms with Crippen LogP contribution in [0.4, 0.5) is 8.78 Å². The Morgan fingerprint density at radius 2 is 1.60 bits per heavy atom. The van der Waals surface area contributed by atoms with Crippen LogP contribution in [0.15, 0.2) is 47.6 Å². The molecule has 1 fully saturated rings. The zero-order valence-electron chi connectivity index (χ0n) is 15.7. The number of H-pyrrole nitrogens is 1. The van der Waals surface area contributed by atoms with Crippen LogP contribution >= 0.6 is 23.2 Å². The summed E-state index contributed by atoms with van der Waals surface area (Å²) >= 11 is 11.9. The smallest absolute Gasteiger partial charge is 0.200 e. The maximum atomic E-state index is 13.7. The van der Waals surface area contributed by atoms with Crippen molar-refractivity contribution < 1.29 is 17.2 Å². The lowest BCUT2D eigenvalue weighted by Gasteiger charge is -2.34. The summed E-state index contributed by atoms with van der Waals surface area (Å²) in [5, 5.41) is -0.693. The predicted octanol–water partition coefficient (Wildman–Crippen LogP) is 4.26. The van der Waals surface area contributed by atoms with Crippen molar-refractivity contribution in [1.29, 1.82) is 0 Å². The van der Waals surface area contributed by atoms with E-state index in [4.69, 9.17) is 23.2 Å². The first kappa shape index (κ1) is 21.2. The van der Waals surface area contributed by atoms with Crippen molar-refractivity contribution in [3.8, 4) is 0 Å². The molecule has 30 heavy (non-hydrogen) atoms. The fourth-order valence-electron chi connectivity index (χ4n) is 3.52. The van der Waals surface area contributed by atoms with Gasteiger partial charge in [0.05, 0.1) is 27.4 Å². The quantitative estimate of drug-likeness (QED) is 0.603. The van der Waals surface area contributed by atoms with Crippen LogP contribution in [-0.4, -0.2) is 48.7 Å². The molecule has 10 heteroatoms. The second-order valence-corrected chi connectivity index (χ2v) is 10.3. The van der Waals surface area contributed by atoms with Gasteiger partial charge < -0.3 is 9.88 Å². The van der Waals surface area contributed by atoms with Crippen molar-refractivity contribution in [2.24, 2.45) is 0 Å². The van der Waals surface area contributed by atoms with E-state index in [-0.39, 0.29) is 15.1 Å². The maximum absolute atomic E-state index is 13.7. The Kier molecular flexibility index (Phi) is 5.61. The number of sulfone groups is 1. The normalized spacial score (nSPS) is 15.5. The number of hydrogen-bond donors (Lipinski definition) is 1. The molecule has 2 heterocycles. The predicted molar refractivity (Wildman–Crippen MR) is 111 cm³/mol. The van der Waals surface area contributed by atoms with Crippen molar-refractivity contribution in [3.05, 3.63) is 81.2 Å². The lowest BCUT2D eigenvalue weighted by atomic mass is 9.90. The molecule has 2 aromatic carbocycles. The summed E-state index contributed by atoms with van der Waals surface area (Å²) in [6.07, 6.45) is 1.27. The van der Waals surface area contributed by atoms with Gasteiger partial charge in [-0.25, -0.2) is 22.2 Å². The number of rotatable bonds is 5. The molecule has 0 radical (unpaired) electrons. The first-order valence-corrected chi connectivity index (χ1v) is 11.3. The molecule has 0 saturated carbocycles. The Morgan fingerprint density at radius 3 is 2.07 bits per heavy atom. The van der Waals surface area contributed by atoms with Gasteiger partial charge in [0.2, 0.25) is 9.84 Å². The Labute approximate surface area is 182 Å². The number of imidazole rings is 1. The van der Waals surface area contributed by atoms with Gasteiger partial charge in [0.15, 0.2) is 5.03 Å². The van der Waals surface area contributed by atoms with Crippen LogP contribution in [-0.2, 0) is 9.84 Å². The van der Waals surface area contributed by atoms with E-state index in [0.717, 1.165) is 0 Å². The van der Waals surface area contributed by atoms with Crippen LogP contribution in [0.1, 0.15) is 22.9 Å². The fraction of sp³-hybridized carbons (Fsp3) is 0.250. The molecule has 0 amide bonds. The highest BCUT2D eigenvalue weighted by molar-refractivity contribution is 7.92. The largest absolute Gasteiger partial charge is 0.332 e. The van der Waals surface area contributed by atoms with E-state index >= 15 is 0 Å². The second kappa shape index (κ2) is 7.92. The van der Waals surface area contributed by atoms with Crippen LogP contribution in [0.25, 0.3) is 0 Å². The second-order valence-electron chi connectivity index (χ2n) is 7.30. The van der Waals surface area contributed by atoms with Gasteiger partial charge in [-0.3, -0.25) is 0 Å². The summed E-state index contributed by atoms with van der Waals surface area (Å²) in [6.45, 7) is 0.891. The van der Waals surface area contributed by atoms with E-state index in [1.54, 1.807) is 0 Å². The van der Waals surface area contributed by atoms with E-state index < -0.39 is 32.6 Å². The van der Waals surface area contributed by atoms with Gasteiger partial charge in [0.25, 0.3) is 0 Å². The first-order chi connectivity index (χ1) is 14.2. The number of halogens is 4. The number of aromatic amines is 1. The van der Waals surface area contributed by atoms with Crippen molar-refractivity contribution in [2.75, 3.05) is 20.1 Å². The van der Waals surface area contributed by atoms with Gasteiger partial charge >= 0.3 is 0 Å². The molecular formula is C20H17Cl2F2N3O2S. The Hall–Kier alpha value is -2.00. The average molecular weight is 472 g/mol. The van der Waals surface area contributed by atoms with Crippen molar-refractivity contribution >= 4 is 33.0 Å². The molecule has 0 atom stereocenters. The number of nitrogens with one attached hydrogen (secondary N) is 1. The summed E-state index contributed by atoms with van der Waals surface area (Å²) in [5.41, 5.74) is 1.09. The molecule has 4 rings (SSSR count). The zero-order chi connectivity index (χ0) is 21.6. The molecule has 3 aromatic rings. The average Bonchev–Trinajstić information content (AvgIpc) is 3.15. The van der Waals surface area contributed by atoms with E-state index in [1.165, 1.54) is 42.6 Å². The molecule has 0 aliphatic carbocycles. The highest BCUT2D eigenvalue weighted by Gasteiger charge is 2.38. The molecule has 0 spiro atoms. The SMILES string of the molecule is CN1CC(S(=O)(=O)c2cnc(C(c3ccc(F)c(Cl)c3)c3ccc(F)c(Cl)c3)[nH]2)C1. The van der Waals surface area contributed by atoms with Crippen molar-refractivity contribution in [1.82, 2.24) is 14.9 Å². The summed E-state index contributed by atoms with van der Waals surface area (Å²) in [4.78, 5) is 9.08. The lowest BCUT2D eigenvalue weighted by Crippen LogP contribution is -2.52. The third-order valence-electron chi connectivity index (χ3n) is 5.18. The minimum absolute atomic E-state index is 0.00187. The molecular weight excluding hydrogens is 455 g/mol. The molecule has 1 aliphatic rings. The molecule has 1 aromatic heterocycles. The van der Waals surface area contributed by atoms with Crippen molar-refractivity contribution in [3.63, 3.8) is 0 Å². The number of benzene rings is 2. The number of likely N-dealkylation sites (tertiary alicyclic amines) is 1. The Morgan fingerprint density at radius 1 is 1.07 bits per heavy atom. The topological polar surface area (TPSA) is 66.1 Å². The number of hydrogen-bond acceptors (Lipinski definition) is 4. The molecule has 0 bridgehead atoms. The Bertz CT molecular complexity index is 1160. The molecule has 1 N–H and O–H groups in total. The van der Waals surface area contributed by atoms with E-state index in [2.05, 4.69) is 9.97 Å². The molecule has 1 aliphatic heterocycles. The third-order valence-corrected chi connectivity index (χ3v) is 7.75. The van der Waals surface area contributed by atoms with Gasteiger partial charge in [-0.2, -0.15) is 0 Å². The number of aromatic nitrogens is 2. The van der Waals surface area contributed by atoms with Gasteiger partial charge in [0, 0.05) is 13.1 Å². The molecule has 158 valence electrons. The van der Waals surface area contributed by atoms with E-state index in [1.807, 2.05) is 11.9 Å². The first-order valence-electron chi connectivity index (χ1n) is 9.04. The summed E-state index contributed by atoms with van der Waals surface area (Å²) in [6, 6.07) is 8.30. The maximum Gasteiger partial charge on any atom is 0.200 e. The summed E-state index contributed by atoms with van der Waals surface area (Å²) in [7, 11) is -1.73. The van der Waals surface area contributed by atoms with Crippen molar-refractivity contribution in [2.45, 2.75) is 16.2 Å². The minimum atomic E-state index is -3.57. The fourth-order valence-corrected chi connectivity index (χ4v) is 5.60. The highest BCUT2D eigenvalue weighted by Crippen LogP contribution is 2.35. The third kappa shape index (κ3) is 3.85. The molecule has 0 unspecified atom stereocenters. The van der Waals surface area contributed by atoms with Crippen LogP contribution in [0, 0.1) is 11.6 Å². The van der Waals surface area contributed by atoms with E-state index in [9.17, 15) is 17.2 Å². The van der Waals surface area contributed by atoms with Gasteiger partial charge in [0.1, 0.15) is 17.5 Å². The summed E-state index contributed by atoms with van der Waals surface area (Å²) < 4.78 is 53.1. The number of nitrogens with zero attached hydrogens (tertiary/aromatic N) is 2. The summed E-state index contributed by atoms with van der Waals surface area (Å²) in [5.74, 6) is -1.54. The standard InChI is InChI=1S/C20H17Cl2F2N3O2S/c1-27-9-13(10-27)30(28,29)18-8-25-20(26-18)19(11-2-4-16(23)14(21)6-11)12-3-5-17(24)15(22)7-12/h2-8,13,19H,9-10H2,1H3,(H,25,26). The van der Waals surface area contributed by atoms with Gasteiger partial charge in [-0.1, -0.05) is 35.3 Å². The van der Waals surface area contributed by atoms with Crippen LogP contribution in [0.3, 0.4) is 0 Å². The van der Waals surface area contributed by atoms with Crippen LogP contribution in [0.2, 0.25) is 10.0 Å². The molecule has 5 nitrogen and oxygen atoms in total. The lowest BCUT2D eigenvalue weighted by molar-refractivity contribution is 0.231. The van der Waals surface area contributed by atoms with Crippen LogP contribution in [0.5, 0.6) is 0 Å². The Balaban J connectivity index is 1.79.